The van der Waals surface area contributed by atoms with Crippen LogP contribution in [0.15, 0.2) is 58.2 Å². The number of hydrogen-bond donors (Lipinski definition) is 0. The molecule has 0 aliphatic rings. The van der Waals surface area contributed by atoms with Gasteiger partial charge in [0.2, 0.25) is 5.91 Å². The van der Waals surface area contributed by atoms with E-state index in [2.05, 4.69) is 4.98 Å². The second-order valence-electron chi connectivity index (χ2n) is 5.77. The Bertz CT molecular complexity index is 923. The molecule has 0 spiro atoms. The van der Waals surface area contributed by atoms with Crippen LogP contribution < -0.4 is 0 Å². The number of thioether (sulfide) groups is 1. The summed E-state index contributed by atoms with van der Waals surface area (Å²) in [7, 11) is 1.68. The molecule has 0 bridgehead atoms. The zero-order valence-corrected chi connectivity index (χ0v) is 15.1. The van der Waals surface area contributed by atoms with Crippen LogP contribution in [0.3, 0.4) is 0 Å². The number of carbonyl (C=O) groups excluding carboxylic acids is 1. The van der Waals surface area contributed by atoms with Gasteiger partial charge in [0, 0.05) is 19.2 Å². The summed E-state index contributed by atoms with van der Waals surface area (Å²) in [6.07, 6.45) is 0. The van der Waals surface area contributed by atoms with Crippen molar-refractivity contribution in [3.8, 4) is 0 Å². The summed E-state index contributed by atoms with van der Waals surface area (Å²) in [4.78, 5) is 28.8. The van der Waals surface area contributed by atoms with Gasteiger partial charge in [-0.25, -0.2) is 4.98 Å². The highest BCUT2D eigenvalue weighted by atomic mass is 32.2. The molecule has 1 atom stereocenters. The smallest absolute Gasteiger partial charge is 0.269 e. The number of oxazole rings is 1. The molecule has 134 valence electrons. The number of nitrogens with zero attached hydrogens (tertiary/aromatic N) is 3. The molecule has 8 heteroatoms. The minimum absolute atomic E-state index is 0.0102. The van der Waals surface area contributed by atoms with Gasteiger partial charge in [0.05, 0.1) is 16.7 Å². The van der Waals surface area contributed by atoms with Crippen LogP contribution in [0.2, 0.25) is 0 Å². The molecule has 0 N–H and O–H groups in total. The standard InChI is InChI=1S/C18H17N3O4S/c1-12(13-6-5-7-14(10-13)21(23)24)20(2)17(22)11-26-18-19-15-8-3-4-9-16(15)25-18/h3-10,12H,11H2,1-2H3/t12-/m1/s1. The molecule has 0 radical (unpaired) electrons. The van der Waals surface area contributed by atoms with E-state index in [-0.39, 0.29) is 23.4 Å². The number of carbonyl (C=O) groups is 1. The largest absolute Gasteiger partial charge is 0.431 e. The van der Waals surface area contributed by atoms with E-state index < -0.39 is 4.92 Å². The van der Waals surface area contributed by atoms with E-state index in [9.17, 15) is 14.9 Å². The zero-order valence-electron chi connectivity index (χ0n) is 14.3. The second-order valence-corrected chi connectivity index (χ2v) is 6.70. The molecule has 3 aromatic rings. The van der Waals surface area contributed by atoms with Crippen LogP contribution in [0, 0.1) is 10.1 Å². The number of nitro benzene ring substituents is 1. The van der Waals surface area contributed by atoms with Gasteiger partial charge in [-0.15, -0.1) is 0 Å². The van der Waals surface area contributed by atoms with Crippen molar-refractivity contribution in [2.45, 2.75) is 18.2 Å². The molecule has 1 amide bonds. The first-order valence-electron chi connectivity index (χ1n) is 7.94. The molecule has 0 aliphatic heterocycles. The summed E-state index contributed by atoms with van der Waals surface area (Å²) in [5.41, 5.74) is 2.15. The molecule has 0 unspecified atom stereocenters. The van der Waals surface area contributed by atoms with Gasteiger partial charge in [0.15, 0.2) is 5.58 Å². The molecule has 0 fully saturated rings. The SMILES string of the molecule is C[C@H](c1cccc([N+](=O)[O-])c1)N(C)C(=O)CSc1nc2ccccc2o1. The van der Waals surface area contributed by atoms with Crippen molar-refractivity contribution in [2.24, 2.45) is 0 Å². The van der Waals surface area contributed by atoms with E-state index in [1.165, 1.54) is 23.9 Å². The van der Waals surface area contributed by atoms with Crippen molar-refractivity contribution in [3.63, 3.8) is 0 Å². The van der Waals surface area contributed by atoms with Gasteiger partial charge in [-0.05, 0) is 24.6 Å². The van der Waals surface area contributed by atoms with Gasteiger partial charge in [-0.1, -0.05) is 36.0 Å². The maximum atomic E-state index is 12.5. The highest BCUT2D eigenvalue weighted by molar-refractivity contribution is 7.99. The average molecular weight is 371 g/mol. The molecule has 0 saturated carbocycles. The predicted octanol–water partition coefficient (Wildman–Crippen LogP) is 4.05. The van der Waals surface area contributed by atoms with Gasteiger partial charge in [0.25, 0.3) is 10.9 Å². The summed E-state index contributed by atoms with van der Waals surface area (Å²) in [6, 6.07) is 13.4. The van der Waals surface area contributed by atoms with Crippen LogP contribution >= 0.6 is 11.8 Å². The van der Waals surface area contributed by atoms with Crippen LogP contribution in [0.1, 0.15) is 18.5 Å². The number of amides is 1. The van der Waals surface area contributed by atoms with Crippen LogP contribution in [0.25, 0.3) is 11.1 Å². The Hall–Kier alpha value is -2.87. The lowest BCUT2D eigenvalue weighted by atomic mass is 10.1. The highest BCUT2D eigenvalue weighted by Crippen LogP contribution is 2.26. The first-order valence-corrected chi connectivity index (χ1v) is 8.92. The third-order valence-corrected chi connectivity index (χ3v) is 4.94. The second kappa shape index (κ2) is 7.57. The molecule has 0 aliphatic carbocycles. The Kier molecular flexibility index (Phi) is 5.22. The molecule has 2 aromatic carbocycles. The molecule has 1 heterocycles. The Morgan fingerprint density at radius 3 is 2.81 bits per heavy atom. The molecular weight excluding hydrogens is 354 g/mol. The average Bonchev–Trinajstić information content (AvgIpc) is 3.08. The molecule has 0 saturated heterocycles. The molecule has 7 nitrogen and oxygen atoms in total. The Labute approximate surface area is 154 Å². The summed E-state index contributed by atoms with van der Waals surface area (Å²) in [5.74, 6) is 0.0547. The lowest BCUT2D eigenvalue weighted by molar-refractivity contribution is -0.384. The van der Waals surface area contributed by atoms with Crippen molar-refractivity contribution in [3.05, 3.63) is 64.2 Å². The maximum absolute atomic E-state index is 12.5. The fraction of sp³-hybridized carbons (Fsp3) is 0.222. The van der Waals surface area contributed by atoms with Crippen LogP contribution in [0.4, 0.5) is 5.69 Å². The van der Waals surface area contributed by atoms with Gasteiger partial charge >= 0.3 is 0 Å². The van der Waals surface area contributed by atoms with Crippen molar-refractivity contribution >= 4 is 34.5 Å². The monoisotopic (exact) mass is 371 g/mol. The number of aromatic nitrogens is 1. The first kappa shape index (κ1) is 17.9. The number of hydrogen-bond acceptors (Lipinski definition) is 6. The van der Waals surface area contributed by atoms with Crippen LogP contribution in [0.5, 0.6) is 0 Å². The van der Waals surface area contributed by atoms with Crippen LogP contribution in [-0.2, 0) is 4.79 Å². The van der Waals surface area contributed by atoms with Crippen molar-refractivity contribution in [2.75, 3.05) is 12.8 Å². The fourth-order valence-electron chi connectivity index (χ4n) is 2.48. The highest BCUT2D eigenvalue weighted by Gasteiger charge is 2.20. The lowest BCUT2D eigenvalue weighted by Gasteiger charge is -2.25. The Morgan fingerprint density at radius 2 is 2.08 bits per heavy atom. The summed E-state index contributed by atoms with van der Waals surface area (Å²) in [6.45, 7) is 1.83. The van der Waals surface area contributed by atoms with Crippen molar-refractivity contribution in [1.82, 2.24) is 9.88 Å². The third kappa shape index (κ3) is 3.85. The third-order valence-electron chi connectivity index (χ3n) is 4.13. The topological polar surface area (TPSA) is 89.5 Å². The number of rotatable bonds is 6. The molecule has 1 aromatic heterocycles. The van der Waals surface area contributed by atoms with Crippen molar-refractivity contribution in [1.29, 1.82) is 0 Å². The summed E-state index contributed by atoms with van der Waals surface area (Å²) >= 11 is 1.23. The van der Waals surface area contributed by atoms with Gasteiger partial charge in [-0.3, -0.25) is 14.9 Å². The number of non-ortho nitro benzene ring substituents is 1. The quantitative estimate of drug-likeness (QED) is 0.369. The van der Waals surface area contributed by atoms with E-state index in [1.807, 2.05) is 31.2 Å². The minimum atomic E-state index is -0.443. The van der Waals surface area contributed by atoms with Gasteiger partial charge < -0.3 is 9.32 Å². The van der Waals surface area contributed by atoms with E-state index in [0.29, 0.717) is 16.4 Å². The maximum Gasteiger partial charge on any atom is 0.269 e. The minimum Gasteiger partial charge on any atom is -0.431 e. The van der Waals surface area contributed by atoms with E-state index in [4.69, 9.17) is 4.42 Å². The molecule has 26 heavy (non-hydrogen) atoms. The number of nitro groups is 1. The van der Waals surface area contributed by atoms with Gasteiger partial charge in [0.1, 0.15) is 5.52 Å². The first-order chi connectivity index (χ1) is 12.5. The number of benzene rings is 2. The molecule has 3 rings (SSSR count). The summed E-state index contributed by atoms with van der Waals surface area (Å²) < 4.78 is 5.59. The fourth-order valence-corrected chi connectivity index (χ4v) is 3.24. The lowest BCUT2D eigenvalue weighted by Crippen LogP contribution is -2.31. The molecular formula is C18H17N3O4S. The zero-order chi connectivity index (χ0) is 18.7. The predicted molar refractivity (Wildman–Crippen MR) is 99.0 cm³/mol. The number of para-hydroxylation sites is 2. The normalized spacial score (nSPS) is 12.1. The van der Waals surface area contributed by atoms with Crippen molar-refractivity contribution < 1.29 is 14.1 Å². The van der Waals surface area contributed by atoms with Crippen LogP contribution in [-0.4, -0.2) is 33.5 Å². The van der Waals surface area contributed by atoms with E-state index in [0.717, 1.165) is 5.52 Å². The Morgan fingerprint density at radius 1 is 1.31 bits per heavy atom. The van der Waals surface area contributed by atoms with E-state index >= 15 is 0 Å². The Balaban J connectivity index is 1.65. The van der Waals surface area contributed by atoms with Gasteiger partial charge in [-0.2, -0.15) is 0 Å². The summed E-state index contributed by atoms with van der Waals surface area (Å²) in [5, 5.41) is 11.4. The number of fused-ring (bicyclic) bond motifs is 1. The van der Waals surface area contributed by atoms with E-state index in [1.54, 1.807) is 24.1 Å².